The first-order valence-corrected chi connectivity index (χ1v) is 31.2. The second-order valence-electron chi connectivity index (χ2n) is 25.8. The van der Waals surface area contributed by atoms with Crippen molar-refractivity contribution < 1.29 is 46.5 Å². The first-order valence-electron chi connectivity index (χ1n) is 30.4. The fourth-order valence-corrected chi connectivity index (χ4v) is 14.1. The zero-order valence-corrected chi connectivity index (χ0v) is 55.0. The van der Waals surface area contributed by atoms with Crippen LogP contribution in [-0.2, 0) is 14.3 Å². The van der Waals surface area contributed by atoms with E-state index in [1.807, 2.05) is 39.5 Å². The Morgan fingerprint density at radius 2 is 1.10 bits per heavy atom. The van der Waals surface area contributed by atoms with Crippen LogP contribution in [0.1, 0.15) is 110 Å². The van der Waals surface area contributed by atoms with Gasteiger partial charge in [-0.15, -0.1) is 0 Å². The molecule has 4 aliphatic rings. The number of benzene rings is 4. The Kier molecular flexibility index (Phi) is 17.0. The molecule has 482 valence electrons. The van der Waals surface area contributed by atoms with Gasteiger partial charge in [0.15, 0.2) is 11.6 Å². The quantitative estimate of drug-likeness (QED) is 0.150. The minimum absolute atomic E-state index is 0.0151. The summed E-state index contributed by atoms with van der Waals surface area (Å²) in [5, 5.41) is 10.9. The number of amides is 3. The van der Waals surface area contributed by atoms with Gasteiger partial charge in [-0.25, -0.2) is 22.4 Å². The second-order valence-corrected chi connectivity index (χ2v) is 26.7. The third-order valence-corrected chi connectivity index (χ3v) is 18.4. The smallest absolute Gasteiger partial charge is 0.410 e. The van der Waals surface area contributed by atoms with Crippen molar-refractivity contribution in [2.45, 2.75) is 125 Å². The van der Waals surface area contributed by atoms with Crippen LogP contribution in [0.3, 0.4) is 0 Å². The van der Waals surface area contributed by atoms with Crippen LogP contribution in [0.4, 0.5) is 45.1 Å². The van der Waals surface area contributed by atoms with Crippen molar-refractivity contribution in [3.05, 3.63) is 150 Å². The zero-order valence-electron chi connectivity index (χ0n) is 53.5. The van der Waals surface area contributed by atoms with Crippen LogP contribution in [-0.4, -0.2) is 112 Å². The van der Waals surface area contributed by atoms with Crippen molar-refractivity contribution >= 4 is 85.7 Å². The van der Waals surface area contributed by atoms with Gasteiger partial charge in [0.05, 0.1) is 80.0 Å². The lowest BCUT2D eigenvalue weighted by atomic mass is 9.89. The molecule has 8 heterocycles. The number of aromatic hydroxyl groups is 1. The Morgan fingerprint density at radius 1 is 0.630 bits per heavy atom. The van der Waals surface area contributed by atoms with E-state index in [9.17, 15) is 24.3 Å². The van der Waals surface area contributed by atoms with E-state index < -0.39 is 81.4 Å². The van der Waals surface area contributed by atoms with Crippen LogP contribution >= 0.6 is 23.2 Å². The van der Waals surface area contributed by atoms with Gasteiger partial charge in [0, 0.05) is 67.5 Å². The predicted octanol–water partition coefficient (Wildman–Crippen LogP) is 13.9. The van der Waals surface area contributed by atoms with Crippen molar-refractivity contribution in [1.29, 1.82) is 0 Å². The SMILES string of the molecule is COc1cccc(F)c1-c1c(Cl)cc2c3c(c(=O)n(-c4c(C)ccnc4C(C)C)c2c1F)N(C)C(=O)[C@H]1CN(C(=O)OC(C)(C)C)[C@H](C)CN31.Cc1ccnc(C(C)C)c1-n1c(=O)c2c(c3cc(Cl)c(-c4c(O)cccc4F)c(F)c31)N1C[C@@H](C)CC[C@@H]1C(=O)N2C. The maximum absolute atomic E-state index is 17.6. The molecule has 23 heteroatoms. The van der Waals surface area contributed by atoms with Crippen LogP contribution < -0.4 is 35.5 Å². The molecule has 4 aromatic carbocycles. The van der Waals surface area contributed by atoms with Gasteiger partial charge < -0.3 is 39.1 Å². The molecule has 0 aliphatic carbocycles. The van der Waals surface area contributed by atoms with Crippen LogP contribution in [0.15, 0.2) is 82.6 Å². The van der Waals surface area contributed by atoms with Gasteiger partial charge in [0.2, 0.25) is 5.91 Å². The number of rotatable bonds is 7. The van der Waals surface area contributed by atoms with Crippen LogP contribution in [0.25, 0.3) is 55.4 Å². The number of carbonyl (C=O) groups excluding carboxylic acids is 3. The predicted molar refractivity (Wildman–Crippen MR) is 351 cm³/mol. The number of pyridine rings is 4. The van der Waals surface area contributed by atoms with Crippen molar-refractivity contribution in [3.8, 4) is 45.1 Å². The molecule has 8 aromatic rings. The first-order chi connectivity index (χ1) is 43.4. The highest BCUT2D eigenvalue weighted by atomic mass is 35.5. The fourth-order valence-electron chi connectivity index (χ4n) is 13.5. The van der Waals surface area contributed by atoms with E-state index in [4.69, 9.17) is 32.7 Å². The summed E-state index contributed by atoms with van der Waals surface area (Å²) in [6, 6.07) is 12.4. The van der Waals surface area contributed by atoms with Gasteiger partial charge in [0.25, 0.3) is 17.0 Å². The van der Waals surface area contributed by atoms with E-state index >= 15 is 22.4 Å². The number of anilines is 4. The molecule has 0 saturated carbocycles. The Labute approximate surface area is 539 Å². The van der Waals surface area contributed by atoms with E-state index in [0.717, 1.165) is 12.5 Å². The highest BCUT2D eigenvalue weighted by Gasteiger charge is 2.48. The summed E-state index contributed by atoms with van der Waals surface area (Å²) >= 11 is 13.6. The van der Waals surface area contributed by atoms with E-state index in [0.29, 0.717) is 57.9 Å². The highest BCUT2D eigenvalue weighted by molar-refractivity contribution is 6.35. The van der Waals surface area contributed by atoms with Gasteiger partial charge in [-0.3, -0.25) is 38.3 Å². The number of ether oxygens (including phenoxy) is 2. The largest absolute Gasteiger partial charge is 0.507 e. The van der Waals surface area contributed by atoms with Crippen LogP contribution in [0.2, 0.25) is 10.0 Å². The number of piperidine rings is 1. The van der Waals surface area contributed by atoms with Gasteiger partial charge in [-0.05, 0) is 132 Å². The maximum Gasteiger partial charge on any atom is 0.410 e. The summed E-state index contributed by atoms with van der Waals surface area (Å²) in [5.41, 5.74) is 0.361. The minimum atomic E-state index is -0.961. The Hall–Kier alpha value is -8.69. The van der Waals surface area contributed by atoms with Crippen molar-refractivity contribution in [1.82, 2.24) is 24.0 Å². The number of carbonyl (C=O) groups is 3. The molecule has 12 rings (SSSR count). The van der Waals surface area contributed by atoms with Crippen molar-refractivity contribution in [2.24, 2.45) is 5.92 Å². The summed E-state index contributed by atoms with van der Waals surface area (Å²) in [6.45, 7) is 21.0. The number of phenolic OH excluding ortho intramolecular Hbond substituents is 1. The lowest BCUT2D eigenvalue weighted by molar-refractivity contribution is -0.121. The number of nitrogens with zero attached hydrogens (tertiary/aromatic N) is 9. The molecule has 2 fully saturated rings. The van der Waals surface area contributed by atoms with Gasteiger partial charge in [-0.2, -0.15) is 0 Å². The number of halogens is 6. The monoisotopic (exact) mass is 1300 g/mol. The molecule has 3 amide bonds. The molecule has 0 bridgehead atoms. The van der Waals surface area contributed by atoms with Crippen molar-refractivity contribution in [2.75, 3.05) is 60.4 Å². The summed E-state index contributed by atoms with van der Waals surface area (Å²) in [4.78, 5) is 87.6. The molecule has 1 N–H and O–H groups in total. The Balaban J connectivity index is 0.000000191. The number of phenols is 1. The Bertz CT molecular complexity index is 4530. The van der Waals surface area contributed by atoms with Crippen LogP contribution in [0.5, 0.6) is 11.5 Å². The standard InChI is InChI=1S/C37H40ClF2N5O5.C32H31ClF2N4O3/c1-18(2)29-30(19(3)13-14-41-29)45-31-21(15-22(38)26(28(31)40)27-23(39)11-10-12-25(27)49-9)32-33(35(45)47)42(8)34(46)24-17-43(20(4)16-44(24)32)36(48)50-37(5,6)7;1-15(2)26-27(17(4)11-12-36-26)39-28-18(13-19(33)23(25(28)35)24-20(34)7-6-8-22(24)40)29-30(32(39)42)37(5)31(41)21-10-9-16(3)14-38(21)29/h10-15,18,20,24H,16-17H2,1-9H3;6-8,11-13,15-16,21,40H,9-10,14H2,1-5H3/t20-,24-;16-,21+/m10/s1. The molecule has 2 saturated heterocycles. The van der Waals surface area contributed by atoms with E-state index in [-0.39, 0.29) is 103 Å². The van der Waals surface area contributed by atoms with E-state index in [1.54, 1.807) is 71.1 Å². The molecule has 0 spiro atoms. The fraction of sp³-hybridized carbons (Fsp3) is 0.377. The van der Waals surface area contributed by atoms with Crippen molar-refractivity contribution in [3.63, 3.8) is 0 Å². The lowest BCUT2D eigenvalue weighted by Gasteiger charge is -2.50. The molecule has 4 aromatic heterocycles. The second kappa shape index (κ2) is 24.1. The zero-order chi connectivity index (χ0) is 66.8. The topological polar surface area (TPSA) is 176 Å². The third-order valence-electron chi connectivity index (χ3n) is 17.8. The van der Waals surface area contributed by atoms with E-state index in [1.165, 1.54) is 80.5 Å². The molecular formula is C69H71Cl2F4N9O8. The number of hydrogen-bond acceptors (Lipinski definition) is 12. The summed E-state index contributed by atoms with van der Waals surface area (Å²) < 4.78 is 79.1. The molecule has 4 aliphatic heterocycles. The normalized spacial score (nSPS) is 18.1. The van der Waals surface area contributed by atoms with Gasteiger partial charge >= 0.3 is 6.09 Å². The number of methoxy groups -OCH3 is 1. The lowest BCUT2D eigenvalue weighted by Crippen LogP contribution is -2.66. The number of aryl methyl sites for hydroxylation is 2. The molecule has 92 heavy (non-hydrogen) atoms. The average molecular weight is 1300 g/mol. The highest BCUT2D eigenvalue weighted by Crippen LogP contribution is 2.51. The molecular weight excluding hydrogens is 1230 g/mol. The molecule has 0 radical (unpaired) electrons. The van der Waals surface area contributed by atoms with Crippen LogP contribution in [0, 0.1) is 43.0 Å². The summed E-state index contributed by atoms with van der Waals surface area (Å²) in [5.74, 6) is -4.71. The number of likely N-dealkylation sites (N-methyl/N-ethyl adjacent to an activating group) is 2. The summed E-state index contributed by atoms with van der Waals surface area (Å²) in [6.07, 6.45) is 4.10. The molecule has 4 atom stereocenters. The molecule has 0 unspecified atom stereocenters. The van der Waals surface area contributed by atoms with Gasteiger partial charge in [-0.1, -0.05) is 70.0 Å². The number of hydrogen-bond donors (Lipinski definition) is 1. The minimum Gasteiger partial charge on any atom is -0.507 e. The number of aromatic nitrogens is 4. The average Bonchev–Trinajstić information content (AvgIpc) is 0.708. The third kappa shape index (κ3) is 10.5. The number of piperazine rings is 1. The maximum atomic E-state index is 17.6. The van der Waals surface area contributed by atoms with E-state index in [2.05, 4.69) is 16.9 Å². The summed E-state index contributed by atoms with van der Waals surface area (Å²) in [7, 11) is 4.40. The van der Waals surface area contributed by atoms with Gasteiger partial charge in [0.1, 0.15) is 52.2 Å². The Morgan fingerprint density at radius 3 is 1.58 bits per heavy atom. The number of fused-ring (bicyclic) bond motifs is 10. The first kappa shape index (κ1) is 64.8. The molecule has 17 nitrogen and oxygen atoms in total.